The van der Waals surface area contributed by atoms with E-state index in [1.165, 1.54) is 0 Å². The van der Waals surface area contributed by atoms with E-state index in [1.54, 1.807) is 0 Å². The van der Waals surface area contributed by atoms with E-state index in [4.69, 9.17) is 0 Å². The first kappa shape index (κ1) is 14.8. The molecule has 0 aromatic rings. The lowest BCUT2D eigenvalue weighted by molar-refractivity contribution is 0.201. The standard InChI is InChI=1S/C8H16FNO2S.C2H6/c1-8-2-4-10(5-3-8)6-7-13(9,11)12;1-2/h8H,2-7H2,1H3;1-2H3. The van der Waals surface area contributed by atoms with Crippen LogP contribution in [0.5, 0.6) is 0 Å². The molecule has 0 aromatic heterocycles. The van der Waals surface area contributed by atoms with Crippen molar-refractivity contribution in [3.63, 3.8) is 0 Å². The fourth-order valence-corrected chi connectivity index (χ4v) is 2.00. The van der Waals surface area contributed by atoms with Gasteiger partial charge in [0.25, 0.3) is 0 Å². The molecule has 0 unspecified atom stereocenters. The Morgan fingerprint density at radius 2 is 1.73 bits per heavy atom. The zero-order valence-electron chi connectivity index (χ0n) is 9.87. The normalized spacial score (nSPS) is 19.5. The lowest BCUT2D eigenvalue weighted by Gasteiger charge is -2.29. The van der Waals surface area contributed by atoms with E-state index in [9.17, 15) is 12.3 Å². The Bertz CT molecular complexity index is 246. The van der Waals surface area contributed by atoms with Crippen molar-refractivity contribution in [1.29, 1.82) is 0 Å². The molecule has 0 aliphatic carbocycles. The van der Waals surface area contributed by atoms with Gasteiger partial charge >= 0.3 is 10.2 Å². The van der Waals surface area contributed by atoms with Crippen molar-refractivity contribution >= 4 is 10.2 Å². The largest absolute Gasteiger partial charge is 0.303 e. The third kappa shape index (κ3) is 7.73. The van der Waals surface area contributed by atoms with Crippen LogP contribution in [0.25, 0.3) is 0 Å². The van der Waals surface area contributed by atoms with Crippen LogP contribution in [0.15, 0.2) is 0 Å². The molecule has 1 heterocycles. The quantitative estimate of drug-likeness (QED) is 0.707. The SMILES string of the molecule is CC.CC1CCN(CCS(=O)(=O)F)CC1. The first-order valence-electron chi connectivity index (χ1n) is 5.62. The average Bonchev–Trinajstić information content (AvgIpc) is 2.19. The van der Waals surface area contributed by atoms with Crippen LogP contribution in [0, 0.1) is 5.92 Å². The number of rotatable bonds is 3. The molecule has 0 bridgehead atoms. The van der Waals surface area contributed by atoms with Gasteiger partial charge in [0.05, 0.1) is 5.75 Å². The Morgan fingerprint density at radius 3 is 2.13 bits per heavy atom. The molecule has 15 heavy (non-hydrogen) atoms. The molecule has 1 aliphatic heterocycles. The summed E-state index contributed by atoms with van der Waals surface area (Å²) in [4.78, 5) is 2.01. The Labute approximate surface area is 92.9 Å². The van der Waals surface area contributed by atoms with Crippen molar-refractivity contribution in [3.05, 3.63) is 0 Å². The molecule has 0 radical (unpaired) electrons. The number of halogens is 1. The second-order valence-electron chi connectivity index (χ2n) is 3.77. The van der Waals surface area contributed by atoms with Crippen molar-refractivity contribution in [1.82, 2.24) is 4.90 Å². The van der Waals surface area contributed by atoms with Gasteiger partial charge in [0, 0.05) is 6.54 Å². The minimum absolute atomic E-state index is 0.339. The summed E-state index contributed by atoms with van der Waals surface area (Å²) in [5, 5.41) is 0. The first-order chi connectivity index (χ1) is 6.97. The van der Waals surface area contributed by atoms with Crippen LogP contribution in [0.3, 0.4) is 0 Å². The molecule has 0 N–H and O–H groups in total. The van der Waals surface area contributed by atoms with Gasteiger partial charge in [-0.25, -0.2) is 0 Å². The minimum atomic E-state index is -4.28. The lowest BCUT2D eigenvalue weighted by Crippen LogP contribution is -2.35. The Kier molecular flexibility index (Phi) is 7.09. The molecule has 0 atom stereocenters. The van der Waals surface area contributed by atoms with Crippen molar-refractivity contribution in [3.8, 4) is 0 Å². The molecule has 1 saturated heterocycles. The lowest BCUT2D eigenvalue weighted by atomic mass is 9.99. The predicted octanol–water partition coefficient (Wildman–Crippen LogP) is 2.04. The molecule has 1 aliphatic rings. The van der Waals surface area contributed by atoms with Crippen molar-refractivity contribution in [2.24, 2.45) is 5.92 Å². The Morgan fingerprint density at radius 1 is 1.27 bits per heavy atom. The van der Waals surface area contributed by atoms with Gasteiger partial charge in [-0.1, -0.05) is 20.8 Å². The zero-order valence-corrected chi connectivity index (χ0v) is 10.7. The van der Waals surface area contributed by atoms with Crippen LogP contribution in [0.4, 0.5) is 3.89 Å². The van der Waals surface area contributed by atoms with E-state index >= 15 is 0 Å². The van der Waals surface area contributed by atoms with E-state index in [-0.39, 0.29) is 5.75 Å². The number of piperidine rings is 1. The summed E-state index contributed by atoms with van der Waals surface area (Å²) >= 11 is 0. The van der Waals surface area contributed by atoms with Gasteiger partial charge in [-0.2, -0.15) is 8.42 Å². The Balaban J connectivity index is 0.000000921. The maximum atomic E-state index is 12.2. The number of hydrogen-bond donors (Lipinski definition) is 0. The van der Waals surface area contributed by atoms with E-state index in [1.807, 2.05) is 18.7 Å². The predicted molar refractivity (Wildman–Crippen MR) is 61.1 cm³/mol. The highest BCUT2D eigenvalue weighted by Gasteiger charge is 2.17. The fourth-order valence-electron chi connectivity index (χ4n) is 1.52. The van der Waals surface area contributed by atoms with Gasteiger partial charge in [0.1, 0.15) is 0 Å². The summed E-state index contributed by atoms with van der Waals surface area (Å²) in [7, 11) is -4.28. The van der Waals surface area contributed by atoms with E-state index in [0.29, 0.717) is 6.54 Å². The van der Waals surface area contributed by atoms with Gasteiger partial charge in [0.15, 0.2) is 0 Å². The second kappa shape index (κ2) is 7.17. The zero-order chi connectivity index (χ0) is 11.9. The summed E-state index contributed by atoms with van der Waals surface area (Å²) in [5.41, 5.74) is 0. The average molecular weight is 239 g/mol. The molecule has 0 saturated carbocycles. The highest BCUT2D eigenvalue weighted by Crippen LogP contribution is 2.15. The first-order valence-corrected chi connectivity index (χ1v) is 7.17. The van der Waals surface area contributed by atoms with Crippen molar-refractivity contribution < 1.29 is 12.3 Å². The van der Waals surface area contributed by atoms with Crippen LogP contribution >= 0.6 is 0 Å². The molecular formula is C10H22FNO2S. The van der Waals surface area contributed by atoms with Gasteiger partial charge in [-0.05, 0) is 31.8 Å². The molecular weight excluding hydrogens is 217 g/mol. The van der Waals surface area contributed by atoms with Crippen LogP contribution in [-0.2, 0) is 10.2 Å². The molecule has 1 rings (SSSR count). The van der Waals surface area contributed by atoms with Gasteiger partial charge in [-0.15, -0.1) is 3.89 Å². The van der Waals surface area contributed by atoms with E-state index in [0.717, 1.165) is 31.8 Å². The number of likely N-dealkylation sites (tertiary alicyclic amines) is 1. The highest BCUT2D eigenvalue weighted by atomic mass is 32.3. The minimum Gasteiger partial charge on any atom is -0.302 e. The van der Waals surface area contributed by atoms with Gasteiger partial charge in [0.2, 0.25) is 0 Å². The van der Waals surface area contributed by atoms with Crippen molar-refractivity contribution in [2.75, 3.05) is 25.4 Å². The number of hydrogen-bond acceptors (Lipinski definition) is 3. The molecule has 1 fully saturated rings. The summed E-state index contributed by atoms with van der Waals surface area (Å²) in [6.45, 7) is 8.32. The maximum absolute atomic E-state index is 12.2. The highest BCUT2D eigenvalue weighted by molar-refractivity contribution is 7.86. The third-order valence-corrected chi connectivity index (χ3v) is 3.20. The molecule has 0 spiro atoms. The second-order valence-corrected chi connectivity index (χ2v) is 5.25. The Hall–Kier alpha value is -0.160. The summed E-state index contributed by atoms with van der Waals surface area (Å²) in [6.07, 6.45) is 2.18. The van der Waals surface area contributed by atoms with Crippen LogP contribution in [-0.4, -0.2) is 38.7 Å². The van der Waals surface area contributed by atoms with Crippen LogP contribution < -0.4 is 0 Å². The summed E-state index contributed by atoms with van der Waals surface area (Å²) < 4.78 is 32.7. The molecule has 3 nitrogen and oxygen atoms in total. The third-order valence-electron chi connectivity index (χ3n) is 2.53. The monoisotopic (exact) mass is 239 g/mol. The number of nitrogens with zero attached hydrogens (tertiary/aromatic N) is 1. The van der Waals surface area contributed by atoms with E-state index < -0.39 is 10.2 Å². The molecule has 92 valence electrons. The van der Waals surface area contributed by atoms with Gasteiger partial charge in [-0.3, -0.25) is 0 Å². The van der Waals surface area contributed by atoms with Crippen LogP contribution in [0.2, 0.25) is 0 Å². The fraction of sp³-hybridized carbons (Fsp3) is 1.00. The smallest absolute Gasteiger partial charge is 0.302 e. The summed E-state index contributed by atoms with van der Waals surface area (Å²) in [6, 6.07) is 0. The molecule has 5 heteroatoms. The summed E-state index contributed by atoms with van der Waals surface area (Å²) in [5.74, 6) is 0.361. The maximum Gasteiger partial charge on any atom is 0.303 e. The van der Waals surface area contributed by atoms with Crippen LogP contribution in [0.1, 0.15) is 33.6 Å². The van der Waals surface area contributed by atoms with Gasteiger partial charge < -0.3 is 4.90 Å². The van der Waals surface area contributed by atoms with E-state index in [2.05, 4.69) is 6.92 Å². The van der Waals surface area contributed by atoms with Crippen molar-refractivity contribution in [2.45, 2.75) is 33.6 Å². The molecule has 0 amide bonds. The molecule has 0 aromatic carbocycles. The topological polar surface area (TPSA) is 37.4 Å².